The molecule has 0 amide bonds. The van der Waals surface area contributed by atoms with Gasteiger partial charge < -0.3 is 35.9 Å². The van der Waals surface area contributed by atoms with Crippen LogP contribution >= 0.6 is 0 Å². The van der Waals surface area contributed by atoms with Gasteiger partial charge in [-0.05, 0) is 156 Å². The van der Waals surface area contributed by atoms with Crippen molar-refractivity contribution in [3.8, 4) is 102 Å². The van der Waals surface area contributed by atoms with Crippen molar-refractivity contribution >= 4 is 175 Å². The topological polar surface area (TPSA) is 150 Å². The molecule has 0 aliphatic heterocycles. The summed E-state index contributed by atoms with van der Waals surface area (Å²) in [7, 11) is 0. The summed E-state index contributed by atoms with van der Waals surface area (Å²) in [5.41, 5.74) is 35.5. The lowest BCUT2D eigenvalue weighted by atomic mass is 9.80. The van der Waals surface area contributed by atoms with Gasteiger partial charge in [0.2, 0.25) is 0 Å². The molecule has 0 fully saturated rings. The minimum Gasteiger partial charge on any atom is -0.455 e. The second kappa shape index (κ2) is 32.0. The second-order valence-corrected chi connectivity index (χ2v) is 37.3. The lowest BCUT2D eigenvalue weighted by Gasteiger charge is -2.22. The van der Waals surface area contributed by atoms with Crippen molar-refractivity contribution in [3.05, 3.63) is 460 Å². The van der Waals surface area contributed by atoms with Crippen LogP contribution in [0.25, 0.3) is 277 Å². The van der Waals surface area contributed by atoms with Crippen LogP contribution in [-0.2, 0) is 5.41 Å². The molecule has 670 valence electrons. The number of hydrogen-bond donors (Lipinski definition) is 0. The molecule has 143 heavy (non-hydrogen) atoms. The number of furan rings is 4. The first-order valence-corrected chi connectivity index (χ1v) is 48.3. The number of benzene rings is 19. The fourth-order valence-electron chi connectivity index (χ4n) is 22.7. The predicted molar refractivity (Wildman–Crippen MR) is 583 cm³/mol. The van der Waals surface area contributed by atoms with Crippen LogP contribution in [0.4, 0.5) is 0 Å². The van der Waals surface area contributed by atoms with Crippen LogP contribution in [0.5, 0.6) is 0 Å². The maximum Gasteiger partial charge on any atom is 0.180 e. The second-order valence-electron chi connectivity index (χ2n) is 37.3. The zero-order valence-electron chi connectivity index (χ0n) is 77.3. The first kappa shape index (κ1) is 81.0. The molecule has 30 aromatic rings. The average molecular weight is 1830 g/mol. The van der Waals surface area contributed by atoms with Gasteiger partial charge in [0.25, 0.3) is 0 Å². The maximum atomic E-state index is 6.55. The Bertz CT molecular complexity index is 10500. The van der Waals surface area contributed by atoms with Gasteiger partial charge in [-0.2, -0.15) is 0 Å². The first-order chi connectivity index (χ1) is 70.7. The van der Waals surface area contributed by atoms with Crippen molar-refractivity contribution in [1.82, 2.24) is 48.2 Å². The Morgan fingerprint density at radius 3 is 1.10 bits per heavy atom. The van der Waals surface area contributed by atoms with E-state index < -0.39 is 0 Å². The van der Waals surface area contributed by atoms with E-state index in [1.807, 2.05) is 133 Å². The quantitative estimate of drug-likeness (QED) is 0.129. The monoisotopic (exact) mass is 1830 g/mol. The van der Waals surface area contributed by atoms with Gasteiger partial charge in [-0.25, -0.2) is 29.9 Å². The Hall–Kier alpha value is -19.2. The Morgan fingerprint density at radius 1 is 0.210 bits per heavy atom. The third kappa shape index (κ3) is 12.6. The zero-order valence-corrected chi connectivity index (χ0v) is 77.3. The van der Waals surface area contributed by atoms with Crippen LogP contribution in [0.15, 0.2) is 467 Å². The summed E-state index contributed by atoms with van der Waals surface area (Å²) >= 11 is 0. The summed E-state index contributed by atoms with van der Waals surface area (Å²) in [6, 6.07) is 157. The van der Waals surface area contributed by atoms with Gasteiger partial charge in [0.15, 0.2) is 34.2 Å². The predicted octanol–water partition coefficient (Wildman–Crippen LogP) is 33.7. The normalized spacial score (nSPS) is 12.5. The first-order valence-electron chi connectivity index (χ1n) is 48.3. The van der Waals surface area contributed by atoms with Crippen LogP contribution < -0.4 is 0 Å². The summed E-state index contributed by atoms with van der Waals surface area (Å²) in [4.78, 5) is 30.7. The molecule has 0 spiro atoms. The van der Waals surface area contributed by atoms with Crippen LogP contribution in [0.1, 0.15) is 25.0 Å². The molecule has 0 N–H and O–H groups in total. The molecule has 19 aromatic carbocycles. The van der Waals surface area contributed by atoms with Crippen molar-refractivity contribution < 1.29 is 17.7 Å². The molecule has 0 atom stereocenters. The lowest BCUT2D eigenvalue weighted by molar-refractivity contribution is 0.666. The van der Waals surface area contributed by atoms with E-state index in [-0.39, 0.29) is 5.41 Å². The van der Waals surface area contributed by atoms with Gasteiger partial charge >= 0.3 is 0 Å². The number of para-hydroxylation sites is 10. The van der Waals surface area contributed by atoms with E-state index in [2.05, 4.69) is 348 Å². The summed E-state index contributed by atoms with van der Waals surface area (Å²) < 4.78 is 35.6. The fraction of sp³-hybridized carbons (Fsp3) is 0.0233. The molecule has 0 saturated carbocycles. The van der Waals surface area contributed by atoms with Crippen LogP contribution in [0, 0.1) is 0 Å². The molecule has 1 aliphatic carbocycles. The molecule has 0 radical (unpaired) electrons. The van der Waals surface area contributed by atoms with Crippen LogP contribution in [-0.4, -0.2) is 48.2 Å². The van der Waals surface area contributed by atoms with Crippen molar-refractivity contribution in [2.24, 2.45) is 0 Å². The highest BCUT2D eigenvalue weighted by atomic mass is 16.3. The molecule has 0 unspecified atom stereocenters. The van der Waals surface area contributed by atoms with E-state index in [1.165, 1.54) is 76.6 Å². The van der Waals surface area contributed by atoms with Crippen LogP contribution in [0.2, 0.25) is 0 Å². The molecule has 0 bridgehead atoms. The number of rotatable bonds is 10. The van der Waals surface area contributed by atoms with E-state index in [0.717, 1.165) is 177 Å². The Kier molecular flexibility index (Phi) is 18.1. The van der Waals surface area contributed by atoms with Crippen molar-refractivity contribution in [1.29, 1.82) is 0 Å². The number of nitrogens with zero attached hydrogens (tertiary/aromatic N) is 10. The molecular weight excluding hydrogens is 1750 g/mol. The van der Waals surface area contributed by atoms with E-state index >= 15 is 0 Å². The molecule has 14 heteroatoms. The molecule has 0 saturated heterocycles. The molecule has 1 aliphatic rings. The molecule has 31 rings (SSSR count). The minimum absolute atomic E-state index is 0.121. The van der Waals surface area contributed by atoms with Gasteiger partial charge in [-0.3, -0.25) is 0 Å². The smallest absolute Gasteiger partial charge is 0.180 e. The van der Waals surface area contributed by atoms with Crippen molar-refractivity contribution in [2.75, 3.05) is 0 Å². The molecule has 11 heterocycles. The third-order valence-corrected chi connectivity index (χ3v) is 28.9. The highest BCUT2D eigenvalue weighted by Gasteiger charge is 2.39. The molecule has 11 aromatic heterocycles. The minimum atomic E-state index is -0.121. The maximum absolute atomic E-state index is 6.55. The van der Waals surface area contributed by atoms with E-state index in [9.17, 15) is 0 Å². The highest BCUT2D eigenvalue weighted by Crippen LogP contribution is 2.55. The van der Waals surface area contributed by atoms with Crippen LogP contribution in [0.3, 0.4) is 0 Å². The third-order valence-electron chi connectivity index (χ3n) is 28.9. The van der Waals surface area contributed by atoms with Gasteiger partial charge in [0.1, 0.15) is 61.5 Å². The van der Waals surface area contributed by atoms with Gasteiger partial charge in [0.05, 0.1) is 55.2 Å². The number of hydrogen-bond acceptors (Lipinski definition) is 10. The average Bonchev–Trinajstić information content (AvgIpc) is 1.53. The van der Waals surface area contributed by atoms with Crippen molar-refractivity contribution in [2.45, 2.75) is 19.3 Å². The Morgan fingerprint density at radius 2 is 0.566 bits per heavy atom. The Labute approximate surface area is 816 Å². The molecule has 14 nitrogen and oxygen atoms in total. The van der Waals surface area contributed by atoms with Gasteiger partial charge in [-0.15, -0.1) is 0 Å². The number of aromatic nitrogens is 10. The standard InChI is InChI=1S/C46H28N4O.C43H29N3O.C40H23N3O2/c1-3-14-29(15-4-1)46-47-42(45-43(48-46)36-22-9-12-25-40(36)51-45)30-16-13-19-32(28-30)49-38-24-11-8-21-35(38)41-39(49)27-26-34-33-20-7-10-23-37(33)50(44(34)41)31-17-5-2-6-18-31;1-43(2)33-20-9-6-17-29(33)30-23-24-35-37(38(30)43)31-18-7-10-21-34(31)46(35)28-16-12-15-27(25-28)39-41-40(32-19-8-11-22-36(32)47-41)45-42(44-39)26-13-4-3-5-14-26;1-2-12-24(13-3-1)40-41-36(39-37(42-40)29-17-7-11-21-34(29)45-39)28-16-5-9-19-31(28)43-30-18-8-4-15-27(30)35-32(43)23-22-26-25-14-6-10-20-33(25)44-38(26)35/h1-28H;3-25H,1-2H3;1-23H. The molecular formula is C129H80N10O4. The van der Waals surface area contributed by atoms with E-state index in [0.29, 0.717) is 34.2 Å². The SMILES string of the molecule is CC1(C)c2ccccc2-c2ccc3c(c21)c1ccccc1n3-c1cccc(-c2nc(-c3ccccc3)nc3c2oc2ccccc23)c1.c1ccc(-c2nc(-c3cccc(-n4c5ccccc5c5c4ccc4c6ccccc6n(-c6ccccc6)c45)c3)c3oc4ccccc4c3n2)cc1.c1ccc(-c2nc(-c3ccccc3-n3c4ccccc4c4c5oc6ccccc6c5ccc43)c3oc4ccccc4c3n2)cc1. The summed E-state index contributed by atoms with van der Waals surface area (Å²) in [6.07, 6.45) is 0. The summed E-state index contributed by atoms with van der Waals surface area (Å²) in [6.45, 7) is 4.73. The largest absolute Gasteiger partial charge is 0.455 e. The van der Waals surface area contributed by atoms with Gasteiger partial charge in [0, 0.05) is 120 Å². The van der Waals surface area contributed by atoms with E-state index in [1.54, 1.807) is 0 Å². The summed E-state index contributed by atoms with van der Waals surface area (Å²) in [5.74, 6) is 2.01. The Balaban J connectivity index is 0.000000102. The number of fused-ring (bicyclic) bond motifs is 30. The lowest BCUT2D eigenvalue weighted by Crippen LogP contribution is -2.15. The van der Waals surface area contributed by atoms with Crippen molar-refractivity contribution in [3.63, 3.8) is 0 Å². The zero-order chi connectivity index (χ0) is 94.2. The highest BCUT2D eigenvalue weighted by molar-refractivity contribution is 6.28. The summed E-state index contributed by atoms with van der Waals surface area (Å²) in [5, 5.41) is 14.9. The van der Waals surface area contributed by atoms with Gasteiger partial charge in [-0.1, -0.05) is 329 Å². The van der Waals surface area contributed by atoms with E-state index in [4.69, 9.17) is 47.6 Å². The fourth-order valence-corrected chi connectivity index (χ4v) is 22.7.